The van der Waals surface area contributed by atoms with Gasteiger partial charge in [0.2, 0.25) is 0 Å². The molecule has 0 bridgehead atoms. The molecule has 1 aliphatic rings. The Morgan fingerprint density at radius 3 is 2.87 bits per heavy atom. The molecule has 4 nitrogen and oxygen atoms in total. The highest BCUT2D eigenvalue weighted by atomic mass is 16.5. The molecule has 0 saturated heterocycles. The molecule has 1 heterocycles. The van der Waals surface area contributed by atoms with Crippen LogP contribution >= 0.6 is 0 Å². The Morgan fingerprint density at radius 1 is 1.60 bits per heavy atom. The standard InChI is InChI=1S/C11H13N3O/c1-3-7(2)9(6-12)11-13-10(14-15-11)8-4-5-8/h8H,3-5H2,1-2H3. The van der Waals surface area contributed by atoms with Crippen molar-refractivity contribution < 1.29 is 4.52 Å². The summed E-state index contributed by atoms with van der Waals surface area (Å²) in [6, 6.07) is 2.13. The fourth-order valence-corrected chi connectivity index (χ4v) is 1.35. The number of rotatable bonds is 3. The Labute approximate surface area is 88.6 Å². The number of allylic oxidation sites excluding steroid dienone is 2. The van der Waals surface area contributed by atoms with Gasteiger partial charge in [-0.05, 0) is 26.2 Å². The van der Waals surface area contributed by atoms with E-state index in [1.54, 1.807) is 0 Å². The van der Waals surface area contributed by atoms with Crippen LogP contribution in [0.1, 0.15) is 50.7 Å². The van der Waals surface area contributed by atoms with Gasteiger partial charge in [-0.2, -0.15) is 10.2 Å². The van der Waals surface area contributed by atoms with E-state index in [1.165, 1.54) is 0 Å². The Bertz CT molecular complexity index is 435. The number of hydrogen-bond acceptors (Lipinski definition) is 4. The van der Waals surface area contributed by atoms with Crippen LogP contribution in [0, 0.1) is 11.3 Å². The molecule has 0 amide bonds. The minimum absolute atomic E-state index is 0.374. The molecule has 4 heteroatoms. The molecule has 1 aromatic rings. The molecule has 0 aromatic carbocycles. The van der Waals surface area contributed by atoms with Crippen molar-refractivity contribution in [2.45, 2.75) is 39.0 Å². The number of nitrogens with zero attached hydrogens (tertiary/aromatic N) is 3. The summed E-state index contributed by atoms with van der Waals surface area (Å²) >= 11 is 0. The molecule has 1 aromatic heterocycles. The van der Waals surface area contributed by atoms with Gasteiger partial charge in [0.05, 0.1) is 0 Å². The van der Waals surface area contributed by atoms with E-state index in [0.717, 1.165) is 30.7 Å². The van der Waals surface area contributed by atoms with Gasteiger partial charge in [0.25, 0.3) is 5.89 Å². The van der Waals surface area contributed by atoms with Gasteiger partial charge in [0, 0.05) is 5.92 Å². The van der Waals surface area contributed by atoms with Crippen molar-refractivity contribution in [2.75, 3.05) is 0 Å². The summed E-state index contributed by atoms with van der Waals surface area (Å²) in [5.41, 5.74) is 1.51. The van der Waals surface area contributed by atoms with Crippen LogP contribution in [0.4, 0.5) is 0 Å². The molecule has 15 heavy (non-hydrogen) atoms. The minimum Gasteiger partial charge on any atom is -0.333 e. The highest BCUT2D eigenvalue weighted by molar-refractivity contribution is 5.74. The van der Waals surface area contributed by atoms with Crippen LogP contribution in [-0.2, 0) is 0 Å². The lowest BCUT2D eigenvalue weighted by Crippen LogP contribution is -1.88. The summed E-state index contributed by atoms with van der Waals surface area (Å²) in [7, 11) is 0. The third-order valence-corrected chi connectivity index (χ3v) is 2.67. The van der Waals surface area contributed by atoms with E-state index in [1.807, 2.05) is 13.8 Å². The second-order valence-electron chi connectivity index (χ2n) is 3.85. The maximum atomic E-state index is 9.01. The van der Waals surface area contributed by atoms with Crippen LogP contribution < -0.4 is 0 Å². The maximum absolute atomic E-state index is 9.01. The summed E-state index contributed by atoms with van der Waals surface area (Å²) in [5.74, 6) is 1.59. The molecule has 0 atom stereocenters. The van der Waals surface area contributed by atoms with Crippen LogP contribution in [0.3, 0.4) is 0 Å². The molecule has 0 N–H and O–H groups in total. The predicted octanol–water partition coefficient (Wildman–Crippen LogP) is 2.65. The smallest absolute Gasteiger partial charge is 0.268 e. The van der Waals surface area contributed by atoms with Crippen molar-refractivity contribution in [3.63, 3.8) is 0 Å². The van der Waals surface area contributed by atoms with Gasteiger partial charge in [-0.15, -0.1) is 0 Å². The third-order valence-electron chi connectivity index (χ3n) is 2.67. The van der Waals surface area contributed by atoms with Crippen molar-refractivity contribution in [3.05, 3.63) is 17.3 Å². The molecule has 0 aliphatic heterocycles. The first kappa shape index (κ1) is 9.91. The molecular weight excluding hydrogens is 190 g/mol. The predicted molar refractivity (Wildman–Crippen MR) is 54.8 cm³/mol. The Kier molecular flexibility index (Phi) is 2.55. The van der Waals surface area contributed by atoms with E-state index in [-0.39, 0.29) is 0 Å². The first-order valence-corrected chi connectivity index (χ1v) is 5.20. The van der Waals surface area contributed by atoms with E-state index in [4.69, 9.17) is 9.78 Å². The van der Waals surface area contributed by atoms with Crippen molar-refractivity contribution in [1.29, 1.82) is 5.26 Å². The monoisotopic (exact) mass is 203 g/mol. The van der Waals surface area contributed by atoms with Gasteiger partial charge in [-0.3, -0.25) is 0 Å². The SMILES string of the molecule is CCC(C)=C(C#N)c1nc(C2CC2)no1. The lowest BCUT2D eigenvalue weighted by molar-refractivity contribution is 0.401. The van der Waals surface area contributed by atoms with Gasteiger partial charge in [0.15, 0.2) is 5.82 Å². The van der Waals surface area contributed by atoms with Crippen molar-refractivity contribution in [1.82, 2.24) is 10.1 Å². The average molecular weight is 203 g/mol. The van der Waals surface area contributed by atoms with E-state index in [9.17, 15) is 0 Å². The van der Waals surface area contributed by atoms with Crippen LogP contribution in [0.5, 0.6) is 0 Å². The van der Waals surface area contributed by atoms with Gasteiger partial charge < -0.3 is 4.52 Å². The fraction of sp³-hybridized carbons (Fsp3) is 0.545. The van der Waals surface area contributed by atoms with E-state index in [2.05, 4.69) is 16.2 Å². The molecule has 1 saturated carbocycles. The topological polar surface area (TPSA) is 62.7 Å². The van der Waals surface area contributed by atoms with Crippen molar-refractivity contribution in [3.8, 4) is 6.07 Å². The maximum Gasteiger partial charge on any atom is 0.268 e. The zero-order chi connectivity index (χ0) is 10.8. The lowest BCUT2D eigenvalue weighted by atomic mass is 10.1. The first-order chi connectivity index (χ1) is 7.26. The Morgan fingerprint density at radius 2 is 2.33 bits per heavy atom. The van der Waals surface area contributed by atoms with Crippen molar-refractivity contribution >= 4 is 5.57 Å². The average Bonchev–Trinajstić information content (AvgIpc) is 3.00. The lowest BCUT2D eigenvalue weighted by Gasteiger charge is -1.95. The summed E-state index contributed by atoms with van der Waals surface area (Å²) in [4.78, 5) is 4.25. The second kappa shape index (κ2) is 3.85. The summed E-state index contributed by atoms with van der Waals surface area (Å²) in [6.45, 7) is 3.92. The minimum atomic E-state index is 0.374. The Balaban J connectivity index is 2.31. The Hall–Kier alpha value is -1.63. The number of nitriles is 1. The van der Waals surface area contributed by atoms with E-state index >= 15 is 0 Å². The highest BCUT2D eigenvalue weighted by Crippen LogP contribution is 2.38. The molecule has 78 valence electrons. The molecule has 0 radical (unpaired) electrons. The highest BCUT2D eigenvalue weighted by Gasteiger charge is 2.29. The number of aromatic nitrogens is 2. The van der Waals surface area contributed by atoms with E-state index < -0.39 is 0 Å². The molecule has 2 rings (SSSR count). The van der Waals surface area contributed by atoms with Crippen LogP contribution in [0.15, 0.2) is 10.1 Å². The van der Waals surface area contributed by atoms with Gasteiger partial charge in [-0.25, -0.2) is 0 Å². The zero-order valence-electron chi connectivity index (χ0n) is 8.95. The molecule has 0 unspecified atom stereocenters. The largest absolute Gasteiger partial charge is 0.333 e. The van der Waals surface area contributed by atoms with Crippen LogP contribution in [0.25, 0.3) is 5.57 Å². The fourth-order valence-electron chi connectivity index (χ4n) is 1.35. The first-order valence-electron chi connectivity index (χ1n) is 5.20. The molecule has 1 aliphatic carbocycles. The molecule has 1 fully saturated rings. The third kappa shape index (κ3) is 1.91. The molecular formula is C11H13N3O. The van der Waals surface area contributed by atoms with Gasteiger partial charge in [0.1, 0.15) is 11.6 Å². The van der Waals surface area contributed by atoms with Crippen LogP contribution in [0.2, 0.25) is 0 Å². The molecule has 0 spiro atoms. The van der Waals surface area contributed by atoms with Gasteiger partial charge >= 0.3 is 0 Å². The van der Waals surface area contributed by atoms with E-state index in [0.29, 0.717) is 17.4 Å². The second-order valence-corrected chi connectivity index (χ2v) is 3.85. The summed E-state index contributed by atoms with van der Waals surface area (Å²) in [6.07, 6.45) is 3.10. The summed E-state index contributed by atoms with van der Waals surface area (Å²) < 4.78 is 5.10. The quantitative estimate of drug-likeness (QED) is 0.708. The van der Waals surface area contributed by atoms with Crippen molar-refractivity contribution in [2.24, 2.45) is 0 Å². The zero-order valence-corrected chi connectivity index (χ0v) is 8.95. The number of hydrogen-bond donors (Lipinski definition) is 0. The summed E-state index contributed by atoms with van der Waals surface area (Å²) in [5, 5.41) is 12.9. The normalized spacial score (nSPS) is 17.1. The van der Waals surface area contributed by atoms with Crippen LogP contribution in [-0.4, -0.2) is 10.1 Å². The van der Waals surface area contributed by atoms with Gasteiger partial charge in [-0.1, -0.05) is 17.7 Å².